The zero-order valence-electron chi connectivity index (χ0n) is 13.3. The van der Waals surface area contributed by atoms with Crippen LogP contribution in [0.15, 0.2) is 48.5 Å². The number of aryl methyl sites for hydroxylation is 1. The zero-order valence-corrected chi connectivity index (χ0v) is 13.3. The van der Waals surface area contributed by atoms with Crippen LogP contribution in [0.2, 0.25) is 0 Å². The van der Waals surface area contributed by atoms with Gasteiger partial charge < -0.3 is 15.4 Å². The van der Waals surface area contributed by atoms with Gasteiger partial charge in [0.25, 0.3) is 0 Å². The van der Waals surface area contributed by atoms with Gasteiger partial charge in [-0.2, -0.15) is 0 Å². The average molecular weight is 312 g/mol. The average Bonchev–Trinajstić information content (AvgIpc) is 2.54. The van der Waals surface area contributed by atoms with Crippen molar-refractivity contribution in [1.82, 2.24) is 0 Å². The fraction of sp³-hybridized carbons (Fsp3) is 0.222. The topological polar surface area (TPSA) is 67.4 Å². The fourth-order valence-electron chi connectivity index (χ4n) is 2.05. The van der Waals surface area contributed by atoms with E-state index in [4.69, 9.17) is 4.74 Å². The summed E-state index contributed by atoms with van der Waals surface area (Å²) in [4.78, 5) is 23.5. The van der Waals surface area contributed by atoms with Gasteiger partial charge in [-0.15, -0.1) is 0 Å². The highest BCUT2D eigenvalue weighted by molar-refractivity contribution is 5.94. The number of rotatable bonds is 6. The molecule has 0 saturated heterocycles. The minimum Gasteiger partial charge on any atom is -0.462 e. The molecule has 5 nitrogen and oxygen atoms in total. The maximum atomic E-state index is 11.9. The van der Waals surface area contributed by atoms with Crippen LogP contribution in [-0.2, 0) is 9.53 Å². The summed E-state index contributed by atoms with van der Waals surface area (Å²) in [5, 5.41) is 5.84. The van der Waals surface area contributed by atoms with Gasteiger partial charge in [-0.3, -0.25) is 4.79 Å². The predicted octanol–water partition coefficient (Wildman–Crippen LogP) is 3.22. The molecule has 0 aliphatic rings. The molecule has 0 bridgehead atoms. The summed E-state index contributed by atoms with van der Waals surface area (Å²) >= 11 is 0. The van der Waals surface area contributed by atoms with Crippen LogP contribution in [0.25, 0.3) is 0 Å². The molecule has 0 aliphatic heterocycles. The zero-order chi connectivity index (χ0) is 16.7. The molecule has 0 atom stereocenters. The molecular weight excluding hydrogens is 292 g/mol. The lowest BCUT2D eigenvalue weighted by molar-refractivity contribution is -0.114. The number of hydrogen-bond acceptors (Lipinski definition) is 4. The first-order valence-electron chi connectivity index (χ1n) is 7.46. The van der Waals surface area contributed by atoms with Crippen molar-refractivity contribution in [2.75, 3.05) is 23.8 Å². The normalized spacial score (nSPS) is 10.0. The molecule has 2 rings (SSSR count). The minimum atomic E-state index is -0.351. The second-order valence-corrected chi connectivity index (χ2v) is 5.07. The molecule has 120 valence electrons. The predicted molar refractivity (Wildman–Crippen MR) is 90.7 cm³/mol. The second kappa shape index (κ2) is 7.98. The number of nitrogens with one attached hydrogen (secondary N) is 2. The van der Waals surface area contributed by atoms with Crippen LogP contribution in [0.4, 0.5) is 11.4 Å². The number of carbonyl (C=O) groups excluding carboxylic acids is 2. The van der Waals surface area contributed by atoms with Gasteiger partial charge >= 0.3 is 5.97 Å². The molecule has 0 aromatic heterocycles. The Hall–Kier alpha value is -2.82. The highest BCUT2D eigenvalue weighted by Crippen LogP contribution is 2.11. The van der Waals surface area contributed by atoms with Crippen molar-refractivity contribution in [3.05, 3.63) is 59.7 Å². The third-order valence-electron chi connectivity index (χ3n) is 3.15. The number of amides is 1. The Balaban J connectivity index is 1.85. The Labute approximate surface area is 135 Å². The molecule has 0 spiro atoms. The van der Waals surface area contributed by atoms with Gasteiger partial charge in [0.2, 0.25) is 5.91 Å². The van der Waals surface area contributed by atoms with Crippen molar-refractivity contribution in [2.24, 2.45) is 0 Å². The first-order chi connectivity index (χ1) is 11.1. The Morgan fingerprint density at radius 2 is 1.78 bits per heavy atom. The molecule has 0 saturated carbocycles. The van der Waals surface area contributed by atoms with Crippen molar-refractivity contribution in [1.29, 1.82) is 0 Å². The van der Waals surface area contributed by atoms with Crippen LogP contribution in [0.5, 0.6) is 0 Å². The lowest BCUT2D eigenvalue weighted by Crippen LogP contribution is -2.21. The number of esters is 1. The van der Waals surface area contributed by atoms with Crippen LogP contribution in [0, 0.1) is 6.92 Å². The quantitative estimate of drug-likeness (QED) is 0.804. The standard InChI is InChI=1S/C18H20N2O3/c1-3-23-18(22)14-7-9-15(10-8-14)19-12-17(21)20-16-6-4-5-13(2)11-16/h4-11,19H,3,12H2,1-2H3,(H,20,21). The lowest BCUT2D eigenvalue weighted by Gasteiger charge is -2.09. The summed E-state index contributed by atoms with van der Waals surface area (Å²) in [6.07, 6.45) is 0. The van der Waals surface area contributed by atoms with Crippen LogP contribution >= 0.6 is 0 Å². The molecule has 23 heavy (non-hydrogen) atoms. The summed E-state index contributed by atoms with van der Waals surface area (Å²) in [6, 6.07) is 14.4. The number of anilines is 2. The van der Waals surface area contributed by atoms with Gasteiger partial charge in [0.1, 0.15) is 0 Å². The first kappa shape index (κ1) is 16.5. The molecule has 5 heteroatoms. The fourth-order valence-corrected chi connectivity index (χ4v) is 2.05. The van der Waals surface area contributed by atoms with E-state index >= 15 is 0 Å². The maximum absolute atomic E-state index is 11.9. The lowest BCUT2D eigenvalue weighted by atomic mass is 10.2. The molecular formula is C18H20N2O3. The second-order valence-electron chi connectivity index (χ2n) is 5.07. The summed E-state index contributed by atoms with van der Waals surface area (Å²) in [5.74, 6) is -0.485. The largest absolute Gasteiger partial charge is 0.462 e. The van der Waals surface area contributed by atoms with E-state index in [-0.39, 0.29) is 18.4 Å². The molecule has 0 fully saturated rings. The van der Waals surface area contributed by atoms with Crippen LogP contribution in [0.3, 0.4) is 0 Å². The van der Waals surface area contributed by atoms with Crippen molar-refractivity contribution in [3.8, 4) is 0 Å². The maximum Gasteiger partial charge on any atom is 0.338 e. The Morgan fingerprint density at radius 1 is 1.04 bits per heavy atom. The van der Waals surface area contributed by atoms with Gasteiger partial charge in [0.15, 0.2) is 0 Å². The van der Waals surface area contributed by atoms with Crippen molar-refractivity contribution in [2.45, 2.75) is 13.8 Å². The molecule has 0 heterocycles. The molecule has 0 unspecified atom stereocenters. The third kappa shape index (κ3) is 5.14. The van der Waals surface area contributed by atoms with Crippen molar-refractivity contribution < 1.29 is 14.3 Å². The van der Waals surface area contributed by atoms with E-state index in [9.17, 15) is 9.59 Å². The summed E-state index contributed by atoms with van der Waals surface area (Å²) in [7, 11) is 0. The number of hydrogen-bond donors (Lipinski definition) is 2. The summed E-state index contributed by atoms with van der Waals surface area (Å²) < 4.78 is 4.92. The van der Waals surface area contributed by atoms with Gasteiger partial charge in [0, 0.05) is 11.4 Å². The van der Waals surface area contributed by atoms with E-state index in [0.717, 1.165) is 16.9 Å². The van der Waals surface area contributed by atoms with E-state index in [1.54, 1.807) is 31.2 Å². The number of carbonyl (C=O) groups is 2. The van der Waals surface area contributed by atoms with Crippen molar-refractivity contribution >= 4 is 23.3 Å². The highest BCUT2D eigenvalue weighted by Gasteiger charge is 2.06. The number of ether oxygens (including phenoxy) is 1. The number of benzene rings is 2. The Morgan fingerprint density at radius 3 is 2.43 bits per heavy atom. The van der Waals surface area contributed by atoms with E-state index < -0.39 is 0 Å². The van der Waals surface area contributed by atoms with E-state index in [0.29, 0.717) is 12.2 Å². The van der Waals surface area contributed by atoms with Crippen LogP contribution in [-0.4, -0.2) is 25.0 Å². The van der Waals surface area contributed by atoms with Crippen molar-refractivity contribution in [3.63, 3.8) is 0 Å². The highest BCUT2D eigenvalue weighted by atomic mass is 16.5. The van der Waals surface area contributed by atoms with Gasteiger partial charge in [-0.1, -0.05) is 12.1 Å². The molecule has 1 amide bonds. The molecule has 2 aromatic carbocycles. The minimum absolute atomic E-state index is 0.134. The van der Waals surface area contributed by atoms with Gasteiger partial charge in [0.05, 0.1) is 18.7 Å². The van der Waals surface area contributed by atoms with E-state index in [2.05, 4.69) is 10.6 Å². The molecule has 2 aromatic rings. The first-order valence-corrected chi connectivity index (χ1v) is 7.46. The smallest absolute Gasteiger partial charge is 0.338 e. The molecule has 0 aliphatic carbocycles. The monoisotopic (exact) mass is 312 g/mol. The molecule has 2 N–H and O–H groups in total. The van der Waals surface area contributed by atoms with E-state index in [1.165, 1.54) is 0 Å². The van der Waals surface area contributed by atoms with Crippen LogP contribution in [0.1, 0.15) is 22.8 Å². The van der Waals surface area contributed by atoms with Crippen LogP contribution < -0.4 is 10.6 Å². The van der Waals surface area contributed by atoms with Gasteiger partial charge in [-0.05, 0) is 55.8 Å². The summed E-state index contributed by atoms with van der Waals surface area (Å²) in [5.41, 5.74) is 3.11. The van der Waals surface area contributed by atoms with Gasteiger partial charge in [-0.25, -0.2) is 4.79 Å². The Kier molecular flexibility index (Phi) is 5.74. The summed E-state index contributed by atoms with van der Waals surface area (Å²) in [6.45, 7) is 4.23. The van der Waals surface area contributed by atoms with E-state index in [1.807, 2.05) is 31.2 Å². The third-order valence-corrected chi connectivity index (χ3v) is 3.15. The SMILES string of the molecule is CCOC(=O)c1ccc(NCC(=O)Nc2cccc(C)c2)cc1. The Bertz CT molecular complexity index is 681. The molecule has 0 radical (unpaired) electrons.